The van der Waals surface area contributed by atoms with Crippen LogP contribution in [0, 0.1) is 10.1 Å². The summed E-state index contributed by atoms with van der Waals surface area (Å²) < 4.78 is 35.9. The summed E-state index contributed by atoms with van der Waals surface area (Å²) in [5.41, 5.74) is 3.01. The van der Waals surface area contributed by atoms with Crippen molar-refractivity contribution >= 4 is 45.1 Å². The predicted molar refractivity (Wildman–Crippen MR) is 127 cm³/mol. The standard InChI is InChI=1S/C21H19ClN4O7S/c1-32-20-9-7-16(11-18(20)22)25(34(2,30)31)13-21(27)24-23-12-17-8-10-19(33-17)14-3-5-15(6-4-14)26(28)29/h3-12H,13H2,1-2H3,(H,24,27)/b23-12-. The van der Waals surface area contributed by atoms with E-state index in [0.29, 0.717) is 22.8 Å². The van der Waals surface area contributed by atoms with Crippen LogP contribution in [-0.4, -0.2) is 45.4 Å². The lowest BCUT2D eigenvalue weighted by Crippen LogP contribution is -2.39. The smallest absolute Gasteiger partial charge is 0.269 e. The Labute approximate surface area is 199 Å². The topological polar surface area (TPSA) is 144 Å². The number of sulfonamides is 1. The fourth-order valence-corrected chi connectivity index (χ4v) is 3.97. The van der Waals surface area contributed by atoms with E-state index < -0.39 is 27.4 Å². The van der Waals surface area contributed by atoms with Gasteiger partial charge in [-0.2, -0.15) is 5.10 Å². The Hall–Kier alpha value is -3.90. The van der Waals surface area contributed by atoms with Crippen molar-refractivity contribution in [2.24, 2.45) is 5.10 Å². The number of nitrogens with zero attached hydrogens (tertiary/aromatic N) is 3. The molecule has 0 aliphatic carbocycles. The maximum atomic E-state index is 12.3. The van der Waals surface area contributed by atoms with Crippen molar-refractivity contribution in [2.75, 3.05) is 24.2 Å². The molecule has 11 nitrogen and oxygen atoms in total. The molecular weight excluding hydrogens is 488 g/mol. The van der Waals surface area contributed by atoms with E-state index >= 15 is 0 Å². The van der Waals surface area contributed by atoms with E-state index in [1.807, 2.05) is 0 Å². The number of hydrazone groups is 1. The van der Waals surface area contributed by atoms with Crippen LogP contribution < -0.4 is 14.5 Å². The minimum absolute atomic E-state index is 0.0418. The Bertz CT molecular complexity index is 1340. The Kier molecular flexibility index (Phi) is 7.54. The fourth-order valence-electron chi connectivity index (χ4n) is 2.87. The van der Waals surface area contributed by atoms with E-state index in [0.717, 1.165) is 10.6 Å². The number of non-ortho nitro benzene ring substituents is 1. The molecule has 0 atom stereocenters. The lowest BCUT2D eigenvalue weighted by Gasteiger charge is -2.21. The van der Waals surface area contributed by atoms with Crippen LogP contribution in [0.15, 0.2) is 64.1 Å². The maximum Gasteiger partial charge on any atom is 0.269 e. The molecule has 1 amide bonds. The average molecular weight is 507 g/mol. The molecule has 0 spiro atoms. The van der Waals surface area contributed by atoms with Crippen molar-refractivity contribution in [1.29, 1.82) is 0 Å². The SMILES string of the molecule is COc1ccc(N(CC(=O)N/N=C\c2ccc(-c3ccc([N+](=O)[O-])cc3)o2)S(C)(=O)=O)cc1Cl. The second kappa shape index (κ2) is 10.4. The molecule has 0 bridgehead atoms. The molecule has 1 aromatic heterocycles. The molecular formula is C21H19ClN4O7S. The minimum atomic E-state index is -3.80. The highest BCUT2D eigenvalue weighted by Crippen LogP contribution is 2.30. The van der Waals surface area contributed by atoms with Gasteiger partial charge in [0.25, 0.3) is 11.6 Å². The fraction of sp³-hybridized carbons (Fsp3) is 0.143. The van der Waals surface area contributed by atoms with Crippen molar-refractivity contribution in [1.82, 2.24) is 5.43 Å². The molecule has 1 N–H and O–H groups in total. The number of carbonyl (C=O) groups is 1. The third-order valence-corrected chi connectivity index (χ3v) is 5.92. The number of furan rings is 1. The number of methoxy groups -OCH3 is 1. The molecule has 13 heteroatoms. The van der Waals surface area contributed by atoms with E-state index in [1.54, 1.807) is 24.3 Å². The van der Waals surface area contributed by atoms with Gasteiger partial charge in [0, 0.05) is 17.7 Å². The number of ether oxygens (including phenoxy) is 1. The maximum absolute atomic E-state index is 12.3. The molecule has 0 unspecified atom stereocenters. The zero-order valence-electron chi connectivity index (χ0n) is 18.0. The van der Waals surface area contributed by atoms with Crippen LogP contribution in [0.5, 0.6) is 5.75 Å². The van der Waals surface area contributed by atoms with Crippen LogP contribution in [0.4, 0.5) is 11.4 Å². The number of hydrogen-bond donors (Lipinski definition) is 1. The van der Waals surface area contributed by atoms with Gasteiger partial charge in [0.2, 0.25) is 10.0 Å². The van der Waals surface area contributed by atoms with Crippen LogP contribution in [0.3, 0.4) is 0 Å². The van der Waals surface area contributed by atoms with Gasteiger partial charge in [0.15, 0.2) is 0 Å². The normalized spacial score (nSPS) is 11.4. The molecule has 34 heavy (non-hydrogen) atoms. The molecule has 0 saturated heterocycles. The molecule has 0 saturated carbocycles. The second-order valence-electron chi connectivity index (χ2n) is 6.89. The first-order valence-electron chi connectivity index (χ1n) is 9.56. The van der Waals surface area contributed by atoms with Crippen LogP contribution >= 0.6 is 11.6 Å². The third-order valence-electron chi connectivity index (χ3n) is 4.48. The highest BCUT2D eigenvalue weighted by atomic mass is 35.5. The van der Waals surface area contributed by atoms with Gasteiger partial charge in [-0.1, -0.05) is 11.6 Å². The van der Waals surface area contributed by atoms with Gasteiger partial charge in [-0.25, -0.2) is 13.8 Å². The Morgan fingerprint density at radius 1 is 1.24 bits per heavy atom. The molecule has 178 valence electrons. The quantitative estimate of drug-likeness (QED) is 0.266. The third kappa shape index (κ3) is 6.11. The summed E-state index contributed by atoms with van der Waals surface area (Å²) in [4.78, 5) is 22.6. The highest BCUT2D eigenvalue weighted by molar-refractivity contribution is 7.92. The van der Waals surface area contributed by atoms with Crippen molar-refractivity contribution < 1.29 is 27.3 Å². The van der Waals surface area contributed by atoms with Gasteiger partial charge in [0.05, 0.1) is 35.2 Å². The summed E-state index contributed by atoms with van der Waals surface area (Å²) >= 11 is 6.07. The number of nitrogens with one attached hydrogen (secondary N) is 1. The van der Waals surface area contributed by atoms with E-state index in [4.69, 9.17) is 20.8 Å². The van der Waals surface area contributed by atoms with Crippen LogP contribution in [0.25, 0.3) is 11.3 Å². The number of halogens is 1. The molecule has 0 radical (unpaired) electrons. The van der Waals surface area contributed by atoms with Crippen molar-refractivity contribution in [3.05, 3.63) is 75.5 Å². The summed E-state index contributed by atoms with van der Waals surface area (Å²) in [6.45, 7) is -0.537. The monoisotopic (exact) mass is 506 g/mol. The van der Waals surface area contributed by atoms with Crippen LogP contribution in [0.2, 0.25) is 5.02 Å². The van der Waals surface area contributed by atoms with Crippen molar-refractivity contribution in [2.45, 2.75) is 0 Å². The van der Waals surface area contributed by atoms with E-state index in [1.165, 1.54) is 43.7 Å². The minimum Gasteiger partial charge on any atom is -0.495 e. The van der Waals surface area contributed by atoms with Crippen molar-refractivity contribution in [3.8, 4) is 17.1 Å². The van der Waals surface area contributed by atoms with Gasteiger partial charge in [-0.05, 0) is 42.5 Å². The molecule has 3 aromatic rings. The number of anilines is 1. The molecule has 3 rings (SSSR count). The first-order chi connectivity index (χ1) is 16.1. The number of hydrogen-bond acceptors (Lipinski definition) is 8. The predicted octanol–water partition coefficient (Wildman–Crippen LogP) is 3.43. The lowest BCUT2D eigenvalue weighted by atomic mass is 10.1. The lowest BCUT2D eigenvalue weighted by molar-refractivity contribution is -0.384. The van der Waals surface area contributed by atoms with E-state index in [2.05, 4.69) is 10.5 Å². The summed E-state index contributed by atoms with van der Waals surface area (Å²) in [6, 6.07) is 13.4. The molecule has 0 fully saturated rings. The number of carbonyl (C=O) groups excluding carboxylic acids is 1. The van der Waals surface area contributed by atoms with Crippen LogP contribution in [-0.2, 0) is 14.8 Å². The van der Waals surface area contributed by atoms with Gasteiger partial charge in [-0.15, -0.1) is 0 Å². The zero-order valence-corrected chi connectivity index (χ0v) is 19.5. The summed E-state index contributed by atoms with van der Waals surface area (Å²) in [5, 5.41) is 14.7. The van der Waals surface area contributed by atoms with Gasteiger partial charge in [-0.3, -0.25) is 19.2 Å². The number of benzene rings is 2. The molecule has 2 aromatic carbocycles. The number of rotatable bonds is 9. The van der Waals surface area contributed by atoms with Gasteiger partial charge in [0.1, 0.15) is 23.8 Å². The first kappa shape index (κ1) is 24.7. The van der Waals surface area contributed by atoms with Crippen LogP contribution in [0.1, 0.15) is 5.76 Å². The molecule has 1 heterocycles. The first-order valence-corrected chi connectivity index (χ1v) is 11.8. The average Bonchev–Trinajstić information content (AvgIpc) is 3.25. The van der Waals surface area contributed by atoms with Gasteiger partial charge < -0.3 is 9.15 Å². The summed E-state index contributed by atoms with van der Waals surface area (Å²) in [6.07, 6.45) is 2.20. The Balaban J connectivity index is 1.66. The van der Waals surface area contributed by atoms with E-state index in [-0.39, 0.29) is 16.4 Å². The summed E-state index contributed by atoms with van der Waals surface area (Å²) in [7, 11) is -2.38. The number of amides is 1. The zero-order chi connectivity index (χ0) is 24.9. The number of nitro benzene ring substituents is 1. The van der Waals surface area contributed by atoms with Crippen molar-refractivity contribution in [3.63, 3.8) is 0 Å². The number of nitro groups is 1. The summed E-state index contributed by atoms with van der Waals surface area (Å²) in [5.74, 6) is 0.410. The Morgan fingerprint density at radius 2 is 1.94 bits per heavy atom. The Morgan fingerprint density at radius 3 is 2.53 bits per heavy atom. The second-order valence-corrected chi connectivity index (χ2v) is 9.20. The van der Waals surface area contributed by atoms with E-state index in [9.17, 15) is 23.3 Å². The molecule has 0 aliphatic rings. The van der Waals surface area contributed by atoms with Gasteiger partial charge >= 0.3 is 0 Å². The largest absolute Gasteiger partial charge is 0.495 e. The molecule has 0 aliphatic heterocycles. The highest BCUT2D eigenvalue weighted by Gasteiger charge is 2.21.